The van der Waals surface area contributed by atoms with Gasteiger partial charge in [-0.1, -0.05) is 6.92 Å². The molecule has 1 rings (SSSR count). The summed E-state index contributed by atoms with van der Waals surface area (Å²) in [6, 6.07) is 1.33. The second kappa shape index (κ2) is 3.98. The third-order valence-electron chi connectivity index (χ3n) is 1.93. The molecule has 1 heterocycles. The molecule has 0 aliphatic rings. The lowest BCUT2D eigenvalue weighted by Gasteiger charge is -2.06. The number of carbonyl (C=O) groups is 1. The van der Waals surface area contributed by atoms with Crippen LogP contribution in [0, 0.1) is 0 Å². The van der Waals surface area contributed by atoms with Crippen molar-refractivity contribution < 1.29 is 4.79 Å². The molecule has 0 aromatic carbocycles. The normalized spacial score (nSPS) is 12.5. The minimum absolute atomic E-state index is 0.0781. The van der Waals surface area contributed by atoms with Crippen molar-refractivity contribution in [1.82, 2.24) is 9.97 Å². The minimum atomic E-state index is -0.320. The molecule has 0 amide bonds. The van der Waals surface area contributed by atoms with E-state index in [1.165, 1.54) is 12.3 Å². The molecule has 70 valence electrons. The smallest absolute Gasteiger partial charge is 0.250 e. The number of nitrogens with one attached hydrogen (secondary N) is 1. The molecule has 0 aliphatic carbocycles. The van der Waals surface area contributed by atoms with Crippen LogP contribution in [0.4, 0.5) is 0 Å². The van der Waals surface area contributed by atoms with Gasteiger partial charge in [0.25, 0.3) is 5.56 Å². The van der Waals surface area contributed by atoms with Crippen molar-refractivity contribution in [3.05, 3.63) is 28.4 Å². The second-order valence-corrected chi connectivity index (χ2v) is 2.86. The standard InChI is InChI=1S/C9H12N2O2/c1-3-7(12)6(2)9-10-5-4-8(13)11-9/h4-6H,3H2,1-2H3,(H,10,11,13). The lowest BCUT2D eigenvalue weighted by molar-refractivity contribution is -0.120. The van der Waals surface area contributed by atoms with Gasteiger partial charge in [-0.15, -0.1) is 0 Å². The van der Waals surface area contributed by atoms with E-state index in [1.807, 2.05) is 0 Å². The van der Waals surface area contributed by atoms with Gasteiger partial charge in [0.1, 0.15) is 11.6 Å². The van der Waals surface area contributed by atoms with Gasteiger partial charge in [0.15, 0.2) is 0 Å². The van der Waals surface area contributed by atoms with Gasteiger partial charge in [-0.05, 0) is 6.92 Å². The number of hydrogen-bond donors (Lipinski definition) is 1. The molecular weight excluding hydrogens is 168 g/mol. The molecule has 1 atom stereocenters. The van der Waals surface area contributed by atoms with Gasteiger partial charge in [-0.2, -0.15) is 0 Å². The van der Waals surface area contributed by atoms with Crippen molar-refractivity contribution in [2.45, 2.75) is 26.2 Å². The molecule has 0 aliphatic heterocycles. The molecule has 1 N–H and O–H groups in total. The van der Waals surface area contributed by atoms with Gasteiger partial charge in [0.05, 0.1) is 5.92 Å². The molecule has 0 saturated carbocycles. The molecule has 0 spiro atoms. The zero-order valence-corrected chi connectivity index (χ0v) is 7.70. The van der Waals surface area contributed by atoms with E-state index < -0.39 is 0 Å². The Kier molecular flexibility index (Phi) is 2.95. The summed E-state index contributed by atoms with van der Waals surface area (Å²) in [6.45, 7) is 3.53. The Labute approximate surface area is 76.0 Å². The van der Waals surface area contributed by atoms with E-state index >= 15 is 0 Å². The van der Waals surface area contributed by atoms with E-state index in [2.05, 4.69) is 9.97 Å². The lowest BCUT2D eigenvalue weighted by Crippen LogP contribution is -2.16. The highest BCUT2D eigenvalue weighted by atomic mass is 16.1. The highest BCUT2D eigenvalue weighted by Crippen LogP contribution is 2.10. The maximum Gasteiger partial charge on any atom is 0.250 e. The van der Waals surface area contributed by atoms with Crippen molar-refractivity contribution in [3.63, 3.8) is 0 Å². The summed E-state index contributed by atoms with van der Waals surface area (Å²) in [5, 5.41) is 0. The van der Waals surface area contributed by atoms with Gasteiger partial charge in [0, 0.05) is 18.7 Å². The van der Waals surface area contributed by atoms with Crippen molar-refractivity contribution in [2.75, 3.05) is 0 Å². The maximum atomic E-state index is 11.3. The first-order chi connectivity index (χ1) is 6.15. The predicted molar refractivity (Wildman–Crippen MR) is 48.6 cm³/mol. The summed E-state index contributed by atoms with van der Waals surface area (Å²) in [5.74, 6) is 0.201. The summed E-state index contributed by atoms with van der Waals surface area (Å²) < 4.78 is 0. The zero-order valence-electron chi connectivity index (χ0n) is 7.70. The number of ketones is 1. The zero-order chi connectivity index (χ0) is 9.84. The SMILES string of the molecule is CCC(=O)C(C)c1nccc(=O)[nH]1. The van der Waals surface area contributed by atoms with Gasteiger partial charge in [0.2, 0.25) is 0 Å². The molecule has 0 saturated heterocycles. The number of hydrogen-bond acceptors (Lipinski definition) is 3. The van der Waals surface area contributed by atoms with Crippen molar-refractivity contribution >= 4 is 5.78 Å². The Bertz CT molecular complexity index is 357. The molecular formula is C9H12N2O2. The third kappa shape index (κ3) is 2.24. The fourth-order valence-corrected chi connectivity index (χ4v) is 1.06. The fourth-order valence-electron chi connectivity index (χ4n) is 1.06. The van der Waals surface area contributed by atoms with Crippen LogP contribution in [0.1, 0.15) is 32.0 Å². The number of carbonyl (C=O) groups excluding carboxylic acids is 1. The summed E-state index contributed by atoms with van der Waals surface area (Å²) in [7, 11) is 0. The van der Waals surface area contributed by atoms with Crippen LogP contribution in [0.25, 0.3) is 0 Å². The Balaban J connectivity index is 2.95. The third-order valence-corrected chi connectivity index (χ3v) is 1.93. The van der Waals surface area contributed by atoms with Crippen molar-refractivity contribution in [1.29, 1.82) is 0 Å². The van der Waals surface area contributed by atoms with Crippen LogP contribution in [-0.2, 0) is 4.79 Å². The summed E-state index contributed by atoms with van der Waals surface area (Å²) >= 11 is 0. The molecule has 1 aromatic rings. The Morgan fingerprint density at radius 3 is 2.92 bits per heavy atom. The number of nitrogens with zero attached hydrogens (tertiary/aromatic N) is 1. The average Bonchev–Trinajstić information content (AvgIpc) is 2.15. The number of Topliss-reactive ketones (excluding diaryl/α,β-unsaturated/α-hetero) is 1. The highest BCUT2D eigenvalue weighted by Gasteiger charge is 2.14. The van der Waals surface area contributed by atoms with E-state index in [-0.39, 0.29) is 17.3 Å². The van der Waals surface area contributed by atoms with Crippen LogP contribution in [0.2, 0.25) is 0 Å². The molecule has 4 heteroatoms. The molecule has 0 fully saturated rings. The monoisotopic (exact) mass is 180 g/mol. The Morgan fingerprint density at radius 2 is 2.38 bits per heavy atom. The van der Waals surface area contributed by atoms with Crippen LogP contribution in [0.5, 0.6) is 0 Å². The second-order valence-electron chi connectivity index (χ2n) is 2.86. The highest BCUT2D eigenvalue weighted by molar-refractivity contribution is 5.84. The molecule has 4 nitrogen and oxygen atoms in total. The van der Waals surface area contributed by atoms with E-state index in [0.29, 0.717) is 12.2 Å². The van der Waals surface area contributed by atoms with Gasteiger partial charge in [-0.25, -0.2) is 4.98 Å². The first-order valence-corrected chi connectivity index (χ1v) is 4.23. The average molecular weight is 180 g/mol. The Hall–Kier alpha value is -1.45. The number of aromatic amines is 1. The lowest BCUT2D eigenvalue weighted by atomic mass is 10.0. The van der Waals surface area contributed by atoms with Crippen LogP contribution in [0.3, 0.4) is 0 Å². The molecule has 1 aromatic heterocycles. The van der Waals surface area contributed by atoms with E-state index in [1.54, 1.807) is 13.8 Å². The molecule has 1 unspecified atom stereocenters. The largest absolute Gasteiger partial charge is 0.310 e. The van der Waals surface area contributed by atoms with Crippen LogP contribution < -0.4 is 5.56 Å². The van der Waals surface area contributed by atoms with E-state index in [4.69, 9.17) is 0 Å². The number of H-pyrrole nitrogens is 1. The Morgan fingerprint density at radius 1 is 1.69 bits per heavy atom. The topological polar surface area (TPSA) is 62.8 Å². The van der Waals surface area contributed by atoms with E-state index in [9.17, 15) is 9.59 Å². The van der Waals surface area contributed by atoms with Gasteiger partial charge < -0.3 is 4.98 Å². The molecule has 0 bridgehead atoms. The number of aromatic nitrogens is 2. The summed E-state index contributed by atoms with van der Waals surface area (Å²) in [5.41, 5.74) is -0.222. The van der Waals surface area contributed by atoms with Crippen LogP contribution >= 0.6 is 0 Å². The summed E-state index contributed by atoms with van der Waals surface area (Å²) in [4.78, 5) is 28.6. The van der Waals surface area contributed by atoms with Crippen LogP contribution in [0.15, 0.2) is 17.1 Å². The molecule has 0 radical (unpaired) electrons. The predicted octanol–water partition coefficient (Wildman–Crippen LogP) is 0.852. The maximum absolute atomic E-state index is 11.3. The van der Waals surface area contributed by atoms with Crippen LogP contribution in [-0.4, -0.2) is 15.8 Å². The fraction of sp³-hybridized carbons (Fsp3) is 0.444. The van der Waals surface area contributed by atoms with Crippen molar-refractivity contribution in [3.8, 4) is 0 Å². The van der Waals surface area contributed by atoms with Gasteiger partial charge in [-0.3, -0.25) is 9.59 Å². The molecule has 13 heavy (non-hydrogen) atoms. The van der Waals surface area contributed by atoms with E-state index in [0.717, 1.165) is 0 Å². The quantitative estimate of drug-likeness (QED) is 0.750. The van der Waals surface area contributed by atoms with Crippen molar-refractivity contribution in [2.24, 2.45) is 0 Å². The summed E-state index contributed by atoms with van der Waals surface area (Å²) in [6.07, 6.45) is 1.87. The van der Waals surface area contributed by atoms with Gasteiger partial charge >= 0.3 is 0 Å². The minimum Gasteiger partial charge on any atom is -0.310 e. The number of rotatable bonds is 3. The first-order valence-electron chi connectivity index (χ1n) is 4.23. The first kappa shape index (κ1) is 9.64.